The van der Waals surface area contributed by atoms with Crippen molar-refractivity contribution in [2.45, 2.75) is 20.3 Å². The van der Waals surface area contributed by atoms with Crippen LogP contribution in [0.5, 0.6) is 0 Å². The molecule has 1 aromatic heterocycles. The molecule has 3 nitrogen and oxygen atoms in total. The van der Waals surface area contributed by atoms with Crippen LogP contribution in [0.1, 0.15) is 20.3 Å². The molecule has 1 heterocycles. The number of aromatic nitrogens is 1. The molecule has 2 N–H and O–H groups in total. The van der Waals surface area contributed by atoms with Crippen LogP contribution >= 0.6 is 0 Å². The van der Waals surface area contributed by atoms with Crippen LogP contribution in [0.4, 0.5) is 10.1 Å². The second-order valence-electron chi connectivity index (χ2n) is 4.05. The Hall–Kier alpha value is -1.16. The van der Waals surface area contributed by atoms with E-state index >= 15 is 0 Å². The number of aliphatic hydroxyl groups excluding tert-OH is 1. The quantitative estimate of drug-likeness (QED) is 0.734. The third-order valence-electron chi connectivity index (χ3n) is 2.68. The smallest absolute Gasteiger partial charge is 0.212 e. The number of rotatable bonds is 5. The van der Waals surface area contributed by atoms with Crippen LogP contribution in [0.15, 0.2) is 18.3 Å². The SMILES string of the molecule is CCC(C)(CO)CNc1ccc(F)nc1. The molecule has 15 heavy (non-hydrogen) atoms. The van der Waals surface area contributed by atoms with Crippen molar-refractivity contribution in [1.29, 1.82) is 0 Å². The summed E-state index contributed by atoms with van der Waals surface area (Å²) in [7, 11) is 0. The lowest BCUT2D eigenvalue weighted by Crippen LogP contribution is -2.29. The van der Waals surface area contributed by atoms with Gasteiger partial charge in [0, 0.05) is 12.0 Å². The van der Waals surface area contributed by atoms with E-state index in [0.29, 0.717) is 6.54 Å². The van der Waals surface area contributed by atoms with Crippen LogP contribution in [-0.4, -0.2) is 23.2 Å². The summed E-state index contributed by atoms with van der Waals surface area (Å²) in [4.78, 5) is 3.54. The molecule has 1 unspecified atom stereocenters. The van der Waals surface area contributed by atoms with Crippen molar-refractivity contribution in [2.75, 3.05) is 18.5 Å². The van der Waals surface area contributed by atoms with Crippen LogP contribution in [0.2, 0.25) is 0 Å². The highest BCUT2D eigenvalue weighted by atomic mass is 19.1. The number of halogens is 1. The molecule has 0 fully saturated rings. The normalized spacial score (nSPS) is 14.7. The molecular formula is C11H17FN2O. The number of nitrogens with one attached hydrogen (secondary N) is 1. The van der Waals surface area contributed by atoms with Crippen molar-refractivity contribution in [2.24, 2.45) is 5.41 Å². The highest BCUT2D eigenvalue weighted by Crippen LogP contribution is 2.20. The average Bonchev–Trinajstić information content (AvgIpc) is 2.28. The predicted octanol–water partition coefficient (Wildman–Crippen LogP) is 2.04. The van der Waals surface area contributed by atoms with Crippen molar-refractivity contribution in [3.63, 3.8) is 0 Å². The molecule has 0 amide bonds. The second-order valence-corrected chi connectivity index (χ2v) is 4.05. The highest BCUT2D eigenvalue weighted by Gasteiger charge is 2.20. The van der Waals surface area contributed by atoms with Gasteiger partial charge in [-0.25, -0.2) is 4.98 Å². The Morgan fingerprint density at radius 3 is 2.73 bits per heavy atom. The maximum absolute atomic E-state index is 12.5. The molecule has 0 radical (unpaired) electrons. The Balaban J connectivity index is 2.53. The lowest BCUT2D eigenvalue weighted by atomic mass is 9.88. The summed E-state index contributed by atoms with van der Waals surface area (Å²) < 4.78 is 12.5. The van der Waals surface area contributed by atoms with Gasteiger partial charge in [0.25, 0.3) is 0 Å². The minimum absolute atomic E-state index is 0.130. The first kappa shape index (κ1) is 11.9. The molecule has 1 atom stereocenters. The Morgan fingerprint density at radius 2 is 2.27 bits per heavy atom. The standard InChI is InChI=1S/C11H17FN2O/c1-3-11(2,8-15)7-14-9-4-5-10(12)13-6-9/h4-6,14-15H,3,7-8H2,1-2H3. The summed E-state index contributed by atoms with van der Waals surface area (Å²) in [5.74, 6) is -0.485. The van der Waals surface area contributed by atoms with Crippen LogP contribution in [0, 0.1) is 11.4 Å². The lowest BCUT2D eigenvalue weighted by Gasteiger charge is -2.26. The predicted molar refractivity (Wildman–Crippen MR) is 58.2 cm³/mol. The molecule has 1 rings (SSSR count). The van der Waals surface area contributed by atoms with Gasteiger partial charge in [-0.3, -0.25) is 0 Å². The molecule has 0 saturated carbocycles. The van der Waals surface area contributed by atoms with E-state index in [-0.39, 0.29) is 12.0 Å². The molecule has 1 aromatic rings. The fourth-order valence-corrected chi connectivity index (χ4v) is 1.09. The third-order valence-corrected chi connectivity index (χ3v) is 2.68. The van der Waals surface area contributed by atoms with E-state index in [1.54, 1.807) is 6.07 Å². The maximum Gasteiger partial charge on any atom is 0.212 e. The molecule has 0 aliphatic rings. The Kier molecular flexibility index (Phi) is 4.03. The molecule has 84 valence electrons. The minimum atomic E-state index is -0.485. The van der Waals surface area contributed by atoms with Gasteiger partial charge in [0.05, 0.1) is 18.5 Å². The maximum atomic E-state index is 12.5. The first-order valence-electron chi connectivity index (χ1n) is 5.06. The zero-order valence-corrected chi connectivity index (χ0v) is 9.13. The van der Waals surface area contributed by atoms with Gasteiger partial charge in [0.2, 0.25) is 5.95 Å². The molecule has 0 aliphatic heterocycles. The molecule has 0 saturated heterocycles. The Bertz CT molecular complexity index is 296. The molecule has 4 heteroatoms. The lowest BCUT2D eigenvalue weighted by molar-refractivity contribution is 0.149. The molecule has 0 aliphatic carbocycles. The van der Waals surface area contributed by atoms with Crippen LogP contribution in [-0.2, 0) is 0 Å². The number of aliphatic hydroxyl groups is 1. The number of hydrogen-bond acceptors (Lipinski definition) is 3. The number of hydrogen-bond donors (Lipinski definition) is 2. The van der Waals surface area contributed by atoms with Gasteiger partial charge in [-0.05, 0) is 18.6 Å². The van der Waals surface area contributed by atoms with Gasteiger partial charge in [0.15, 0.2) is 0 Å². The first-order valence-corrected chi connectivity index (χ1v) is 5.06. The van der Waals surface area contributed by atoms with Crippen molar-refractivity contribution < 1.29 is 9.50 Å². The highest BCUT2D eigenvalue weighted by molar-refractivity contribution is 5.40. The van der Waals surface area contributed by atoms with Crippen LogP contribution < -0.4 is 5.32 Å². The molecular weight excluding hydrogens is 195 g/mol. The fourth-order valence-electron chi connectivity index (χ4n) is 1.09. The minimum Gasteiger partial charge on any atom is -0.396 e. The topological polar surface area (TPSA) is 45.1 Å². The average molecular weight is 212 g/mol. The number of nitrogens with zero attached hydrogens (tertiary/aromatic N) is 1. The van der Waals surface area contributed by atoms with Crippen molar-refractivity contribution in [1.82, 2.24) is 4.98 Å². The summed E-state index contributed by atoms with van der Waals surface area (Å²) in [6.45, 7) is 4.80. The summed E-state index contributed by atoms with van der Waals surface area (Å²) in [5.41, 5.74) is 0.624. The van der Waals surface area contributed by atoms with Gasteiger partial charge in [0.1, 0.15) is 0 Å². The van der Waals surface area contributed by atoms with Crippen molar-refractivity contribution >= 4 is 5.69 Å². The van der Waals surface area contributed by atoms with Crippen molar-refractivity contribution in [3.8, 4) is 0 Å². The van der Waals surface area contributed by atoms with Gasteiger partial charge in [-0.2, -0.15) is 4.39 Å². The van der Waals surface area contributed by atoms with E-state index in [0.717, 1.165) is 12.1 Å². The van der Waals surface area contributed by atoms with Crippen LogP contribution in [0.3, 0.4) is 0 Å². The van der Waals surface area contributed by atoms with Crippen molar-refractivity contribution in [3.05, 3.63) is 24.3 Å². The molecule has 0 spiro atoms. The van der Waals surface area contributed by atoms with Crippen LogP contribution in [0.25, 0.3) is 0 Å². The van der Waals surface area contributed by atoms with E-state index in [4.69, 9.17) is 0 Å². The molecule has 0 bridgehead atoms. The van der Waals surface area contributed by atoms with Gasteiger partial charge in [-0.1, -0.05) is 13.8 Å². The summed E-state index contributed by atoms with van der Waals surface area (Å²) in [6, 6.07) is 2.94. The zero-order valence-electron chi connectivity index (χ0n) is 9.13. The largest absolute Gasteiger partial charge is 0.396 e. The fraction of sp³-hybridized carbons (Fsp3) is 0.545. The van der Waals surface area contributed by atoms with E-state index in [1.807, 2.05) is 13.8 Å². The summed E-state index contributed by atoms with van der Waals surface area (Å²) in [5, 5.41) is 12.3. The summed E-state index contributed by atoms with van der Waals surface area (Å²) >= 11 is 0. The molecule has 0 aromatic carbocycles. The van der Waals surface area contributed by atoms with Gasteiger partial charge in [-0.15, -0.1) is 0 Å². The number of pyridine rings is 1. The Labute approximate surface area is 89.4 Å². The van der Waals surface area contributed by atoms with E-state index < -0.39 is 5.95 Å². The second kappa shape index (κ2) is 5.07. The Morgan fingerprint density at radius 1 is 1.53 bits per heavy atom. The van der Waals surface area contributed by atoms with E-state index in [2.05, 4.69) is 10.3 Å². The van der Waals surface area contributed by atoms with Gasteiger partial charge >= 0.3 is 0 Å². The first-order chi connectivity index (χ1) is 7.09. The zero-order chi connectivity index (χ0) is 11.3. The van der Waals surface area contributed by atoms with Gasteiger partial charge < -0.3 is 10.4 Å². The third kappa shape index (κ3) is 3.47. The van der Waals surface area contributed by atoms with E-state index in [9.17, 15) is 9.50 Å². The van der Waals surface area contributed by atoms with E-state index in [1.165, 1.54) is 12.3 Å². The monoisotopic (exact) mass is 212 g/mol. The number of anilines is 1. The summed E-state index contributed by atoms with van der Waals surface area (Å²) in [6.07, 6.45) is 2.33.